The van der Waals surface area contributed by atoms with Gasteiger partial charge in [0.05, 0.1) is 0 Å². The molecule has 82 valence electrons. The fraction of sp³-hybridized carbons (Fsp3) is 0.538. The second-order valence-corrected chi connectivity index (χ2v) is 4.12. The highest BCUT2D eigenvalue weighted by Gasteiger charge is 2.17. The van der Waals surface area contributed by atoms with Gasteiger partial charge < -0.3 is 10.5 Å². The molecule has 2 heteroatoms. The van der Waals surface area contributed by atoms with Crippen LogP contribution >= 0.6 is 0 Å². The van der Waals surface area contributed by atoms with Gasteiger partial charge in [-0.15, -0.1) is 0 Å². The Balaban J connectivity index is 2.17. The maximum Gasteiger partial charge on any atom is 0.0471 e. The highest BCUT2D eigenvalue weighted by molar-refractivity contribution is 5.31. The van der Waals surface area contributed by atoms with Crippen molar-refractivity contribution in [2.75, 3.05) is 19.8 Å². The molecule has 1 saturated heterocycles. The summed E-state index contributed by atoms with van der Waals surface area (Å²) in [6, 6.07) is 8.69. The molecule has 2 nitrogen and oxygen atoms in total. The van der Waals surface area contributed by atoms with E-state index in [0.29, 0.717) is 5.92 Å². The van der Waals surface area contributed by atoms with Gasteiger partial charge in [0.25, 0.3) is 0 Å². The van der Waals surface area contributed by atoms with Crippen molar-refractivity contribution in [2.24, 2.45) is 5.73 Å². The third-order valence-electron chi connectivity index (χ3n) is 3.13. The average Bonchev–Trinajstić information content (AvgIpc) is 2.31. The largest absolute Gasteiger partial charge is 0.381 e. The van der Waals surface area contributed by atoms with E-state index in [1.165, 1.54) is 11.1 Å². The summed E-state index contributed by atoms with van der Waals surface area (Å²) in [6.07, 6.45) is 3.30. The zero-order chi connectivity index (χ0) is 10.5. The third kappa shape index (κ3) is 2.58. The Morgan fingerprint density at radius 1 is 1.20 bits per heavy atom. The van der Waals surface area contributed by atoms with Crippen molar-refractivity contribution in [2.45, 2.75) is 25.2 Å². The molecule has 0 aromatic heterocycles. The Labute approximate surface area is 91.4 Å². The van der Waals surface area contributed by atoms with Crippen molar-refractivity contribution in [1.29, 1.82) is 0 Å². The van der Waals surface area contributed by atoms with Crippen LogP contribution in [0.25, 0.3) is 0 Å². The molecule has 1 aromatic carbocycles. The van der Waals surface area contributed by atoms with Crippen molar-refractivity contribution in [3.8, 4) is 0 Å². The van der Waals surface area contributed by atoms with E-state index in [0.717, 1.165) is 39.0 Å². The summed E-state index contributed by atoms with van der Waals surface area (Å²) in [7, 11) is 0. The van der Waals surface area contributed by atoms with Crippen molar-refractivity contribution >= 4 is 0 Å². The van der Waals surface area contributed by atoms with Gasteiger partial charge in [-0.3, -0.25) is 0 Å². The van der Waals surface area contributed by atoms with E-state index >= 15 is 0 Å². The van der Waals surface area contributed by atoms with E-state index < -0.39 is 0 Å². The van der Waals surface area contributed by atoms with Crippen LogP contribution in [0.1, 0.15) is 29.9 Å². The summed E-state index contributed by atoms with van der Waals surface area (Å²) in [4.78, 5) is 0. The molecule has 0 atom stereocenters. The van der Waals surface area contributed by atoms with Gasteiger partial charge in [0.15, 0.2) is 0 Å². The Kier molecular flexibility index (Phi) is 3.75. The molecule has 0 amide bonds. The summed E-state index contributed by atoms with van der Waals surface area (Å²) in [5.41, 5.74) is 8.55. The maximum absolute atomic E-state index is 5.63. The van der Waals surface area contributed by atoms with Gasteiger partial charge in [0.2, 0.25) is 0 Å². The van der Waals surface area contributed by atoms with Crippen LogP contribution in [0.2, 0.25) is 0 Å². The number of rotatable bonds is 3. The molecule has 0 spiro atoms. The normalized spacial score (nSPS) is 17.9. The Morgan fingerprint density at radius 2 is 1.93 bits per heavy atom. The van der Waals surface area contributed by atoms with Crippen LogP contribution in [0.3, 0.4) is 0 Å². The Bertz CT molecular complexity index is 305. The van der Waals surface area contributed by atoms with Gasteiger partial charge in [-0.1, -0.05) is 24.3 Å². The van der Waals surface area contributed by atoms with Crippen molar-refractivity contribution < 1.29 is 4.74 Å². The van der Waals surface area contributed by atoms with E-state index in [-0.39, 0.29) is 0 Å². The number of ether oxygens (including phenoxy) is 1. The number of hydrogen-bond donors (Lipinski definition) is 1. The van der Waals surface area contributed by atoms with Crippen molar-refractivity contribution in [1.82, 2.24) is 0 Å². The van der Waals surface area contributed by atoms with Crippen LogP contribution in [0.4, 0.5) is 0 Å². The zero-order valence-electron chi connectivity index (χ0n) is 9.11. The van der Waals surface area contributed by atoms with E-state index in [1.807, 2.05) is 0 Å². The lowest BCUT2D eigenvalue weighted by molar-refractivity contribution is 0.0852. The average molecular weight is 205 g/mol. The number of hydrogen-bond acceptors (Lipinski definition) is 2. The van der Waals surface area contributed by atoms with Crippen LogP contribution in [0.15, 0.2) is 24.3 Å². The number of benzene rings is 1. The lowest BCUT2D eigenvalue weighted by Crippen LogP contribution is -2.16. The highest BCUT2D eigenvalue weighted by atomic mass is 16.5. The molecular weight excluding hydrogens is 186 g/mol. The van der Waals surface area contributed by atoms with Crippen LogP contribution in [0.5, 0.6) is 0 Å². The summed E-state index contributed by atoms with van der Waals surface area (Å²) >= 11 is 0. The van der Waals surface area contributed by atoms with Crippen molar-refractivity contribution in [3.63, 3.8) is 0 Å². The van der Waals surface area contributed by atoms with E-state index in [9.17, 15) is 0 Å². The first kappa shape index (κ1) is 10.7. The Morgan fingerprint density at radius 3 is 2.67 bits per heavy atom. The van der Waals surface area contributed by atoms with Crippen LogP contribution in [-0.4, -0.2) is 19.8 Å². The third-order valence-corrected chi connectivity index (χ3v) is 3.13. The van der Waals surface area contributed by atoms with Gasteiger partial charge in [-0.05, 0) is 42.9 Å². The fourth-order valence-electron chi connectivity index (χ4n) is 2.32. The van der Waals surface area contributed by atoms with Crippen molar-refractivity contribution in [3.05, 3.63) is 35.4 Å². The molecule has 1 aromatic rings. The molecule has 0 saturated carbocycles. The molecule has 15 heavy (non-hydrogen) atoms. The first-order valence-electron chi connectivity index (χ1n) is 5.77. The molecule has 1 aliphatic heterocycles. The smallest absolute Gasteiger partial charge is 0.0471 e. The van der Waals surface area contributed by atoms with Crippen LogP contribution in [0, 0.1) is 0 Å². The monoisotopic (exact) mass is 205 g/mol. The van der Waals surface area contributed by atoms with Gasteiger partial charge >= 0.3 is 0 Å². The minimum absolute atomic E-state index is 0.682. The Hall–Kier alpha value is -0.860. The topological polar surface area (TPSA) is 35.2 Å². The molecule has 0 bridgehead atoms. The first-order chi connectivity index (χ1) is 7.42. The van der Waals surface area contributed by atoms with Gasteiger partial charge in [0, 0.05) is 13.2 Å². The second kappa shape index (κ2) is 5.29. The molecule has 1 heterocycles. The molecule has 2 N–H and O–H groups in total. The fourth-order valence-corrected chi connectivity index (χ4v) is 2.32. The van der Waals surface area contributed by atoms with Gasteiger partial charge in [-0.2, -0.15) is 0 Å². The molecule has 0 unspecified atom stereocenters. The van der Waals surface area contributed by atoms with Crippen LogP contribution in [-0.2, 0) is 11.2 Å². The summed E-state index contributed by atoms with van der Waals surface area (Å²) in [6.45, 7) is 2.55. The highest BCUT2D eigenvalue weighted by Crippen LogP contribution is 2.29. The van der Waals surface area contributed by atoms with Gasteiger partial charge in [0.1, 0.15) is 0 Å². The summed E-state index contributed by atoms with van der Waals surface area (Å²) < 4.78 is 5.40. The zero-order valence-corrected chi connectivity index (χ0v) is 9.11. The molecule has 2 rings (SSSR count). The summed E-state index contributed by atoms with van der Waals surface area (Å²) in [5, 5.41) is 0. The minimum Gasteiger partial charge on any atom is -0.381 e. The van der Waals surface area contributed by atoms with Gasteiger partial charge in [-0.25, -0.2) is 0 Å². The number of nitrogens with two attached hydrogens (primary N) is 1. The predicted octanol–water partition coefficient (Wildman–Crippen LogP) is 2.08. The second-order valence-electron chi connectivity index (χ2n) is 4.12. The molecular formula is C13H19NO. The maximum atomic E-state index is 5.63. The lowest BCUT2D eigenvalue weighted by Gasteiger charge is -2.24. The van der Waals surface area contributed by atoms with E-state index in [4.69, 9.17) is 10.5 Å². The SMILES string of the molecule is NCCc1ccccc1C1CCOCC1. The molecule has 1 aliphatic rings. The molecule has 1 fully saturated rings. The predicted molar refractivity (Wildman–Crippen MR) is 62.0 cm³/mol. The minimum atomic E-state index is 0.682. The lowest BCUT2D eigenvalue weighted by atomic mass is 9.87. The molecule has 0 aliphatic carbocycles. The first-order valence-corrected chi connectivity index (χ1v) is 5.77. The van der Waals surface area contributed by atoms with E-state index in [1.54, 1.807) is 0 Å². The standard InChI is InChI=1S/C13H19NO/c14-8-5-11-3-1-2-4-13(11)12-6-9-15-10-7-12/h1-4,12H,5-10,14H2. The van der Waals surface area contributed by atoms with E-state index in [2.05, 4.69) is 24.3 Å². The quantitative estimate of drug-likeness (QED) is 0.820. The summed E-state index contributed by atoms with van der Waals surface area (Å²) in [5.74, 6) is 0.682. The molecule has 0 radical (unpaired) electrons. The van der Waals surface area contributed by atoms with Crippen LogP contribution < -0.4 is 5.73 Å².